The number of hydrogen-bond donors (Lipinski definition) is 1. The molecule has 0 aliphatic rings. The zero-order valence-electron chi connectivity index (χ0n) is 6.28. The third kappa shape index (κ3) is 1.57. The molecule has 2 nitrogen and oxygen atoms in total. The summed E-state index contributed by atoms with van der Waals surface area (Å²) in [5.41, 5.74) is 1.23. The maximum Gasteiger partial charge on any atom is 0.0995 e. The van der Waals surface area contributed by atoms with Gasteiger partial charge in [0, 0.05) is 0 Å². The van der Waals surface area contributed by atoms with E-state index < -0.39 is 6.10 Å². The third-order valence-corrected chi connectivity index (χ3v) is 1.53. The molecule has 0 aliphatic heterocycles. The lowest BCUT2D eigenvalue weighted by Gasteiger charge is -2.04. The van der Waals surface area contributed by atoms with Crippen LogP contribution in [0.4, 0.5) is 0 Å². The first-order chi connectivity index (χ1) is 5.25. The van der Waals surface area contributed by atoms with E-state index >= 15 is 0 Å². The summed E-state index contributed by atoms with van der Waals surface area (Å²) < 4.78 is 0. The molecule has 2 heteroatoms. The van der Waals surface area contributed by atoms with E-state index in [2.05, 4.69) is 0 Å². The SMILES string of the molecule is C[C@@H](O)c1ccccc1C#N. The maximum atomic E-state index is 9.18. The fourth-order valence-electron chi connectivity index (χ4n) is 0.963. The lowest BCUT2D eigenvalue weighted by atomic mass is 10.0. The minimum atomic E-state index is -0.564. The van der Waals surface area contributed by atoms with E-state index in [0.717, 1.165) is 0 Å². The van der Waals surface area contributed by atoms with Gasteiger partial charge in [-0.2, -0.15) is 5.26 Å². The molecule has 0 unspecified atom stereocenters. The molecular weight excluding hydrogens is 138 g/mol. The lowest BCUT2D eigenvalue weighted by Crippen LogP contribution is -1.93. The van der Waals surface area contributed by atoms with Crippen molar-refractivity contribution in [2.24, 2.45) is 0 Å². The van der Waals surface area contributed by atoms with Crippen LogP contribution < -0.4 is 0 Å². The monoisotopic (exact) mass is 147 g/mol. The second kappa shape index (κ2) is 3.18. The zero-order valence-corrected chi connectivity index (χ0v) is 6.28. The normalized spacial score (nSPS) is 12.1. The third-order valence-electron chi connectivity index (χ3n) is 1.53. The van der Waals surface area contributed by atoms with Gasteiger partial charge in [0.1, 0.15) is 0 Å². The van der Waals surface area contributed by atoms with Crippen molar-refractivity contribution in [3.05, 3.63) is 35.4 Å². The smallest absolute Gasteiger partial charge is 0.0995 e. The van der Waals surface area contributed by atoms with Gasteiger partial charge in [-0.05, 0) is 18.6 Å². The molecule has 0 radical (unpaired) electrons. The van der Waals surface area contributed by atoms with Gasteiger partial charge in [-0.1, -0.05) is 18.2 Å². The highest BCUT2D eigenvalue weighted by Crippen LogP contribution is 2.15. The van der Waals surface area contributed by atoms with E-state index in [4.69, 9.17) is 5.26 Å². The Morgan fingerprint density at radius 1 is 1.45 bits per heavy atom. The van der Waals surface area contributed by atoms with Crippen molar-refractivity contribution in [1.82, 2.24) is 0 Å². The van der Waals surface area contributed by atoms with Crippen molar-refractivity contribution >= 4 is 0 Å². The van der Waals surface area contributed by atoms with Gasteiger partial charge in [0.15, 0.2) is 0 Å². The summed E-state index contributed by atoms with van der Waals surface area (Å²) in [6.07, 6.45) is -0.564. The Hall–Kier alpha value is -1.33. The van der Waals surface area contributed by atoms with Gasteiger partial charge in [0.05, 0.1) is 17.7 Å². The second-order valence-electron chi connectivity index (χ2n) is 2.38. The molecule has 1 aromatic carbocycles. The largest absolute Gasteiger partial charge is 0.389 e. The number of nitriles is 1. The number of aliphatic hydroxyl groups excluding tert-OH is 1. The van der Waals surface area contributed by atoms with Crippen LogP contribution >= 0.6 is 0 Å². The molecule has 0 saturated heterocycles. The molecule has 1 rings (SSSR count). The molecule has 1 aromatic rings. The van der Waals surface area contributed by atoms with Gasteiger partial charge in [0.2, 0.25) is 0 Å². The number of rotatable bonds is 1. The number of aliphatic hydroxyl groups is 1. The number of hydrogen-bond acceptors (Lipinski definition) is 2. The van der Waals surface area contributed by atoms with Crippen molar-refractivity contribution in [3.63, 3.8) is 0 Å². The van der Waals surface area contributed by atoms with Crippen molar-refractivity contribution in [2.45, 2.75) is 13.0 Å². The lowest BCUT2D eigenvalue weighted by molar-refractivity contribution is 0.199. The number of nitrogens with zero attached hydrogens (tertiary/aromatic N) is 1. The number of benzene rings is 1. The molecule has 0 spiro atoms. The summed E-state index contributed by atoms with van der Waals surface area (Å²) in [5.74, 6) is 0. The van der Waals surface area contributed by atoms with Crippen molar-refractivity contribution in [3.8, 4) is 6.07 Å². The van der Waals surface area contributed by atoms with Gasteiger partial charge in [-0.25, -0.2) is 0 Å². The minimum Gasteiger partial charge on any atom is -0.389 e. The minimum absolute atomic E-state index is 0.544. The fourth-order valence-corrected chi connectivity index (χ4v) is 0.963. The van der Waals surface area contributed by atoms with Gasteiger partial charge in [-0.3, -0.25) is 0 Å². The predicted molar refractivity (Wildman–Crippen MR) is 41.8 cm³/mol. The van der Waals surface area contributed by atoms with Crippen LogP contribution in [0.25, 0.3) is 0 Å². The maximum absolute atomic E-state index is 9.18. The standard InChI is InChI=1S/C9H9NO/c1-7(11)9-5-3-2-4-8(9)6-10/h2-5,7,11H,1H3/t7-/m1/s1. The molecule has 0 aliphatic carbocycles. The van der Waals surface area contributed by atoms with Crippen LogP contribution in [0.2, 0.25) is 0 Å². The van der Waals surface area contributed by atoms with Gasteiger partial charge >= 0.3 is 0 Å². The highest BCUT2D eigenvalue weighted by molar-refractivity contribution is 5.38. The van der Waals surface area contributed by atoms with Crippen LogP contribution in [0.3, 0.4) is 0 Å². The first-order valence-electron chi connectivity index (χ1n) is 3.43. The highest BCUT2D eigenvalue weighted by atomic mass is 16.3. The van der Waals surface area contributed by atoms with Gasteiger partial charge in [-0.15, -0.1) is 0 Å². The van der Waals surface area contributed by atoms with Crippen LogP contribution in [0.5, 0.6) is 0 Å². The average Bonchev–Trinajstić information content (AvgIpc) is 2.04. The summed E-state index contributed by atoms with van der Waals surface area (Å²) >= 11 is 0. The first-order valence-corrected chi connectivity index (χ1v) is 3.43. The molecular formula is C9H9NO. The molecule has 0 fully saturated rings. The second-order valence-corrected chi connectivity index (χ2v) is 2.38. The van der Waals surface area contributed by atoms with E-state index in [1.54, 1.807) is 25.1 Å². The van der Waals surface area contributed by atoms with Gasteiger partial charge < -0.3 is 5.11 Å². The van der Waals surface area contributed by atoms with Crippen LogP contribution in [-0.4, -0.2) is 5.11 Å². The Morgan fingerprint density at radius 2 is 2.09 bits per heavy atom. The van der Waals surface area contributed by atoms with Crippen molar-refractivity contribution < 1.29 is 5.11 Å². The zero-order chi connectivity index (χ0) is 8.27. The summed E-state index contributed by atoms with van der Waals surface area (Å²) in [6.45, 7) is 1.65. The highest BCUT2D eigenvalue weighted by Gasteiger charge is 2.04. The van der Waals surface area contributed by atoms with E-state index in [1.807, 2.05) is 12.1 Å². The Morgan fingerprint density at radius 3 is 2.55 bits per heavy atom. The fraction of sp³-hybridized carbons (Fsp3) is 0.222. The van der Waals surface area contributed by atoms with Crippen LogP contribution in [0.15, 0.2) is 24.3 Å². The Labute approximate surface area is 65.7 Å². The molecule has 0 aromatic heterocycles. The molecule has 1 N–H and O–H groups in total. The quantitative estimate of drug-likeness (QED) is 0.655. The Bertz CT molecular complexity index is 286. The Balaban J connectivity index is 3.15. The molecule has 0 saturated carbocycles. The topological polar surface area (TPSA) is 44.0 Å². The van der Waals surface area contributed by atoms with Crippen molar-refractivity contribution in [2.75, 3.05) is 0 Å². The van der Waals surface area contributed by atoms with Crippen molar-refractivity contribution in [1.29, 1.82) is 5.26 Å². The van der Waals surface area contributed by atoms with Crippen LogP contribution in [-0.2, 0) is 0 Å². The first kappa shape index (κ1) is 7.77. The molecule has 1 atom stereocenters. The Kier molecular flexibility index (Phi) is 2.25. The summed E-state index contributed by atoms with van der Waals surface area (Å²) in [6, 6.07) is 9.06. The predicted octanol–water partition coefficient (Wildman–Crippen LogP) is 1.61. The van der Waals surface area contributed by atoms with E-state index in [0.29, 0.717) is 11.1 Å². The van der Waals surface area contributed by atoms with Crippen LogP contribution in [0, 0.1) is 11.3 Å². The van der Waals surface area contributed by atoms with E-state index in [1.165, 1.54) is 0 Å². The van der Waals surface area contributed by atoms with E-state index in [9.17, 15) is 5.11 Å². The molecule has 56 valence electrons. The molecule has 0 amide bonds. The molecule has 0 heterocycles. The summed E-state index contributed by atoms with van der Waals surface area (Å²) in [5, 5.41) is 17.8. The summed E-state index contributed by atoms with van der Waals surface area (Å²) in [7, 11) is 0. The van der Waals surface area contributed by atoms with Crippen LogP contribution in [0.1, 0.15) is 24.2 Å². The summed E-state index contributed by atoms with van der Waals surface area (Å²) in [4.78, 5) is 0. The van der Waals surface area contributed by atoms with Gasteiger partial charge in [0.25, 0.3) is 0 Å². The molecule has 0 bridgehead atoms. The molecule has 11 heavy (non-hydrogen) atoms. The average molecular weight is 147 g/mol. The van der Waals surface area contributed by atoms with E-state index in [-0.39, 0.29) is 0 Å².